The van der Waals surface area contributed by atoms with Crippen LogP contribution in [0.5, 0.6) is 0 Å². The number of carbonyl (C=O) groups excluding carboxylic acids is 1. The van der Waals surface area contributed by atoms with Crippen LogP contribution in [-0.2, 0) is 10.2 Å². The van der Waals surface area contributed by atoms with Gasteiger partial charge in [-0.1, -0.05) is 32.0 Å². The molecule has 25 heavy (non-hydrogen) atoms. The maximum absolute atomic E-state index is 13.4. The van der Waals surface area contributed by atoms with Crippen molar-refractivity contribution >= 4 is 22.5 Å². The maximum Gasteiger partial charge on any atom is 0.235 e. The highest BCUT2D eigenvalue weighted by Gasteiger charge is 2.52. The van der Waals surface area contributed by atoms with E-state index >= 15 is 0 Å². The topological polar surface area (TPSA) is 44.9 Å². The average Bonchev–Trinajstić information content (AvgIpc) is 3.29. The number of aromatic amines is 1. The third-order valence-corrected chi connectivity index (χ3v) is 5.18. The molecule has 1 aromatic heterocycles. The fourth-order valence-corrected chi connectivity index (χ4v) is 3.59. The van der Waals surface area contributed by atoms with Crippen molar-refractivity contribution < 1.29 is 9.18 Å². The molecule has 0 radical (unpaired) electrons. The van der Waals surface area contributed by atoms with Crippen LogP contribution in [0.1, 0.15) is 43.7 Å². The first-order valence-electron chi connectivity index (χ1n) is 8.69. The first-order chi connectivity index (χ1) is 12.0. The summed E-state index contributed by atoms with van der Waals surface area (Å²) in [6.07, 6.45) is 3.48. The number of carbonyl (C=O) groups is 1. The Kier molecular flexibility index (Phi) is 3.64. The Labute approximate surface area is 146 Å². The van der Waals surface area contributed by atoms with E-state index < -0.39 is 5.41 Å². The van der Waals surface area contributed by atoms with E-state index in [4.69, 9.17) is 0 Å². The van der Waals surface area contributed by atoms with E-state index in [1.165, 1.54) is 12.1 Å². The second-order valence-electron chi connectivity index (χ2n) is 7.17. The van der Waals surface area contributed by atoms with Gasteiger partial charge in [0, 0.05) is 22.8 Å². The van der Waals surface area contributed by atoms with E-state index in [-0.39, 0.29) is 11.7 Å². The molecule has 0 aliphatic heterocycles. The number of aromatic nitrogens is 1. The molecule has 0 atom stereocenters. The van der Waals surface area contributed by atoms with Crippen LogP contribution in [0.2, 0.25) is 0 Å². The SMILES string of the molecule is CC(C)c1ccccc1NC(=O)C1(c2c[nH]c3cc(F)ccc23)CC1. The number of nitrogens with one attached hydrogen (secondary N) is 2. The summed E-state index contributed by atoms with van der Waals surface area (Å²) in [5, 5.41) is 4.05. The van der Waals surface area contributed by atoms with Gasteiger partial charge in [-0.25, -0.2) is 4.39 Å². The van der Waals surface area contributed by atoms with Crippen molar-refractivity contribution in [2.75, 3.05) is 5.32 Å². The highest BCUT2D eigenvalue weighted by molar-refractivity contribution is 6.04. The van der Waals surface area contributed by atoms with Crippen molar-refractivity contribution in [3.8, 4) is 0 Å². The van der Waals surface area contributed by atoms with E-state index in [9.17, 15) is 9.18 Å². The lowest BCUT2D eigenvalue weighted by molar-refractivity contribution is -0.118. The standard InChI is InChI=1S/C21H21FN2O/c1-13(2)15-5-3-4-6-18(15)24-20(25)21(9-10-21)17-12-23-19-11-14(22)7-8-16(17)19/h3-8,11-13,23H,9-10H2,1-2H3,(H,24,25). The van der Waals surface area contributed by atoms with Gasteiger partial charge in [0.25, 0.3) is 0 Å². The third-order valence-electron chi connectivity index (χ3n) is 5.18. The van der Waals surface area contributed by atoms with Crippen molar-refractivity contribution in [1.29, 1.82) is 0 Å². The van der Waals surface area contributed by atoms with E-state index in [1.807, 2.05) is 30.5 Å². The molecule has 2 aromatic carbocycles. The molecule has 1 amide bonds. The van der Waals surface area contributed by atoms with Gasteiger partial charge in [-0.15, -0.1) is 0 Å². The maximum atomic E-state index is 13.4. The molecule has 2 N–H and O–H groups in total. The fourth-order valence-electron chi connectivity index (χ4n) is 3.59. The van der Waals surface area contributed by atoms with E-state index in [2.05, 4.69) is 24.1 Å². The smallest absolute Gasteiger partial charge is 0.235 e. The zero-order valence-electron chi connectivity index (χ0n) is 14.4. The van der Waals surface area contributed by atoms with Gasteiger partial charge in [0.15, 0.2) is 0 Å². The van der Waals surface area contributed by atoms with Gasteiger partial charge >= 0.3 is 0 Å². The van der Waals surface area contributed by atoms with Crippen LogP contribution in [0.3, 0.4) is 0 Å². The van der Waals surface area contributed by atoms with Gasteiger partial charge in [-0.2, -0.15) is 0 Å². The molecular weight excluding hydrogens is 315 g/mol. The zero-order valence-corrected chi connectivity index (χ0v) is 14.4. The third kappa shape index (κ3) is 2.62. The largest absolute Gasteiger partial charge is 0.361 e. The minimum absolute atomic E-state index is 0.0193. The Morgan fingerprint density at radius 1 is 1.20 bits per heavy atom. The summed E-state index contributed by atoms with van der Waals surface area (Å²) in [5.41, 5.74) is 3.19. The molecule has 1 heterocycles. The molecule has 128 valence electrons. The van der Waals surface area contributed by atoms with Gasteiger partial charge in [0.2, 0.25) is 5.91 Å². The summed E-state index contributed by atoms with van der Waals surface area (Å²) < 4.78 is 13.4. The first-order valence-corrected chi connectivity index (χ1v) is 8.69. The molecule has 3 nitrogen and oxygen atoms in total. The molecule has 1 aliphatic carbocycles. The summed E-state index contributed by atoms with van der Waals surface area (Å²) in [7, 11) is 0. The molecule has 4 rings (SSSR count). The number of para-hydroxylation sites is 1. The number of amides is 1. The molecule has 1 aliphatic rings. The molecule has 0 saturated heterocycles. The molecule has 4 heteroatoms. The van der Waals surface area contributed by atoms with Crippen molar-refractivity contribution in [3.63, 3.8) is 0 Å². The fraction of sp³-hybridized carbons (Fsp3) is 0.286. The van der Waals surface area contributed by atoms with Crippen LogP contribution in [0.25, 0.3) is 10.9 Å². The molecule has 3 aromatic rings. The van der Waals surface area contributed by atoms with E-state index in [0.717, 1.165) is 40.6 Å². The lowest BCUT2D eigenvalue weighted by Gasteiger charge is -2.18. The molecule has 0 spiro atoms. The molecule has 1 saturated carbocycles. The molecule has 0 unspecified atom stereocenters. The number of hydrogen-bond acceptors (Lipinski definition) is 1. The van der Waals surface area contributed by atoms with Crippen LogP contribution in [0.4, 0.5) is 10.1 Å². The summed E-state index contributed by atoms with van der Waals surface area (Å²) in [4.78, 5) is 16.2. The highest BCUT2D eigenvalue weighted by atomic mass is 19.1. The van der Waals surface area contributed by atoms with Crippen LogP contribution >= 0.6 is 0 Å². The number of rotatable bonds is 4. The highest BCUT2D eigenvalue weighted by Crippen LogP contribution is 2.51. The normalized spacial score (nSPS) is 15.5. The number of benzene rings is 2. The molecule has 0 bridgehead atoms. The zero-order chi connectivity index (χ0) is 17.6. The Hall–Kier alpha value is -2.62. The lowest BCUT2D eigenvalue weighted by atomic mass is 9.93. The van der Waals surface area contributed by atoms with Gasteiger partial charge in [0.05, 0.1) is 5.41 Å². The Morgan fingerprint density at radius 3 is 2.68 bits per heavy atom. The van der Waals surface area contributed by atoms with E-state index in [0.29, 0.717) is 5.92 Å². The van der Waals surface area contributed by atoms with Crippen molar-refractivity contribution in [2.24, 2.45) is 0 Å². The van der Waals surface area contributed by atoms with Crippen LogP contribution in [0.15, 0.2) is 48.7 Å². The number of H-pyrrole nitrogens is 1. The number of hydrogen-bond donors (Lipinski definition) is 2. The van der Waals surface area contributed by atoms with Crippen LogP contribution in [0, 0.1) is 5.82 Å². The summed E-state index contributed by atoms with van der Waals surface area (Å²) in [6, 6.07) is 12.6. The monoisotopic (exact) mass is 336 g/mol. The molecular formula is C21H21FN2O. The minimum atomic E-state index is -0.514. The van der Waals surface area contributed by atoms with Crippen molar-refractivity contribution in [1.82, 2.24) is 4.98 Å². The quantitative estimate of drug-likeness (QED) is 0.684. The predicted octanol–water partition coefficient (Wildman–Crippen LogP) is 5.10. The Balaban J connectivity index is 1.68. The van der Waals surface area contributed by atoms with Gasteiger partial charge < -0.3 is 10.3 Å². The van der Waals surface area contributed by atoms with Crippen LogP contribution < -0.4 is 5.32 Å². The second-order valence-corrected chi connectivity index (χ2v) is 7.17. The second kappa shape index (κ2) is 5.73. The lowest BCUT2D eigenvalue weighted by Crippen LogP contribution is -2.28. The van der Waals surface area contributed by atoms with Crippen LogP contribution in [-0.4, -0.2) is 10.9 Å². The van der Waals surface area contributed by atoms with E-state index in [1.54, 1.807) is 6.07 Å². The average molecular weight is 336 g/mol. The number of fused-ring (bicyclic) bond motifs is 1. The minimum Gasteiger partial charge on any atom is -0.361 e. The number of anilines is 1. The summed E-state index contributed by atoms with van der Waals surface area (Å²) >= 11 is 0. The summed E-state index contributed by atoms with van der Waals surface area (Å²) in [5.74, 6) is 0.0783. The van der Waals surface area contributed by atoms with Gasteiger partial charge in [-0.05, 0) is 54.2 Å². The Bertz CT molecular complexity index is 953. The predicted molar refractivity (Wildman–Crippen MR) is 98.3 cm³/mol. The Morgan fingerprint density at radius 2 is 1.96 bits per heavy atom. The van der Waals surface area contributed by atoms with Gasteiger partial charge in [-0.3, -0.25) is 4.79 Å². The van der Waals surface area contributed by atoms with Crippen molar-refractivity contribution in [3.05, 3.63) is 65.6 Å². The molecule has 1 fully saturated rings. The van der Waals surface area contributed by atoms with Gasteiger partial charge in [0.1, 0.15) is 5.82 Å². The summed E-state index contributed by atoms with van der Waals surface area (Å²) in [6.45, 7) is 4.23. The first kappa shape index (κ1) is 15.9. The number of halogens is 1. The van der Waals surface area contributed by atoms with Crippen molar-refractivity contribution in [2.45, 2.75) is 38.0 Å².